The summed E-state index contributed by atoms with van der Waals surface area (Å²) in [4.78, 5) is 36.0. The molecule has 0 fully saturated rings. The smallest absolute Gasteiger partial charge is 0.337 e. The average Bonchev–Trinajstić information content (AvgIpc) is 2.87. The third kappa shape index (κ3) is 13.4. The van der Waals surface area contributed by atoms with Crippen molar-refractivity contribution >= 4 is 17.7 Å². The van der Waals surface area contributed by atoms with Gasteiger partial charge >= 0.3 is 5.97 Å². The SMILES string of the molecule is [CH][C@@](O)(C(=O)O)[C@H](/C=C/CCCCCCC(=O)CCCCCCC)C(=O)N[CH]Cc1ccc(OC)cc1. The number of aliphatic hydroxyl groups is 1. The summed E-state index contributed by atoms with van der Waals surface area (Å²) >= 11 is 0. The Hall–Kier alpha value is -2.67. The molecule has 3 N–H and O–H groups in total. The summed E-state index contributed by atoms with van der Waals surface area (Å²) in [6, 6.07) is 7.29. The third-order valence-electron chi connectivity index (χ3n) is 6.30. The summed E-state index contributed by atoms with van der Waals surface area (Å²) in [5.41, 5.74) is -1.81. The summed E-state index contributed by atoms with van der Waals surface area (Å²) < 4.78 is 5.11. The first-order valence-corrected chi connectivity index (χ1v) is 13.4. The molecule has 0 spiro atoms. The van der Waals surface area contributed by atoms with Gasteiger partial charge in [0.2, 0.25) is 5.91 Å². The molecule has 1 rings (SSSR count). The second-order valence-electron chi connectivity index (χ2n) is 9.46. The predicted molar refractivity (Wildman–Crippen MR) is 145 cm³/mol. The number of amides is 1. The third-order valence-corrected chi connectivity index (χ3v) is 6.30. The number of ketones is 1. The first kappa shape index (κ1) is 32.4. The fourth-order valence-electron chi connectivity index (χ4n) is 3.91. The van der Waals surface area contributed by atoms with E-state index >= 15 is 0 Å². The lowest BCUT2D eigenvalue weighted by Crippen LogP contribution is -2.49. The number of methoxy groups -OCH3 is 1. The Bertz CT molecular complexity index is 831. The molecule has 0 saturated carbocycles. The van der Waals surface area contributed by atoms with Crippen LogP contribution in [0.3, 0.4) is 0 Å². The zero-order valence-electron chi connectivity index (χ0n) is 22.4. The highest BCUT2D eigenvalue weighted by atomic mass is 16.5. The van der Waals surface area contributed by atoms with Crippen LogP contribution in [0.2, 0.25) is 0 Å². The van der Waals surface area contributed by atoms with Gasteiger partial charge < -0.3 is 20.3 Å². The second kappa shape index (κ2) is 18.6. The number of carboxylic acid groups (broad SMARTS) is 1. The first-order valence-electron chi connectivity index (χ1n) is 13.4. The molecular formula is C30H44NO6. The Morgan fingerprint density at radius 3 is 2.16 bits per heavy atom. The number of hydrogen-bond donors (Lipinski definition) is 3. The molecule has 3 radical (unpaired) electrons. The van der Waals surface area contributed by atoms with Crippen LogP contribution in [0.25, 0.3) is 0 Å². The summed E-state index contributed by atoms with van der Waals surface area (Å²) in [5.74, 6) is -2.78. The van der Waals surface area contributed by atoms with Crippen molar-refractivity contribution in [3.8, 4) is 5.75 Å². The molecule has 0 saturated heterocycles. The van der Waals surface area contributed by atoms with Crippen LogP contribution in [0.4, 0.5) is 0 Å². The van der Waals surface area contributed by atoms with Gasteiger partial charge in [-0.25, -0.2) is 4.79 Å². The molecule has 7 heteroatoms. The number of carboxylic acids is 1. The van der Waals surface area contributed by atoms with E-state index in [1.165, 1.54) is 31.9 Å². The summed E-state index contributed by atoms with van der Waals surface area (Å²) in [7, 11) is 1.58. The Balaban J connectivity index is 2.38. The van der Waals surface area contributed by atoms with Crippen molar-refractivity contribution in [3.05, 3.63) is 55.4 Å². The summed E-state index contributed by atoms with van der Waals surface area (Å²) in [6.07, 6.45) is 14.7. The Morgan fingerprint density at radius 1 is 1.00 bits per heavy atom. The molecule has 0 unspecified atom stereocenters. The van der Waals surface area contributed by atoms with Crippen LogP contribution in [-0.2, 0) is 20.8 Å². The van der Waals surface area contributed by atoms with Gasteiger partial charge in [0, 0.05) is 19.8 Å². The number of rotatable bonds is 21. The molecule has 0 aliphatic heterocycles. The predicted octanol–water partition coefficient (Wildman–Crippen LogP) is 5.49. The van der Waals surface area contributed by atoms with E-state index in [4.69, 9.17) is 11.7 Å². The standard InChI is InChI=1S/C30H44NO6/c1-4-5-6-9-12-15-25(32)16-13-10-7-8-11-14-17-27(30(2,36)29(34)35)28(33)31-23-22-24-18-20-26(37-3)21-19-24/h2,14,17-21,23,27,36H,4-13,15-16,22H2,1,3H3,(H,31,33)(H,34,35)/b17-14+/t27-,30+/m1/s1. The van der Waals surface area contributed by atoms with Gasteiger partial charge in [-0.15, -0.1) is 0 Å². The lowest BCUT2D eigenvalue weighted by atomic mass is 9.87. The van der Waals surface area contributed by atoms with Gasteiger partial charge in [-0.1, -0.05) is 69.7 Å². The van der Waals surface area contributed by atoms with E-state index in [-0.39, 0.29) is 0 Å². The van der Waals surface area contributed by atoms with Crippen molar-refractivity contribution < 1.29 is 29.3 Å². The molecule has 7 nitrogen and oxygen atoms in total. The molecule has 0 aliphatic rings. The topological polar surface area (TPSA) is 113 Å². The van der Waals surface area contributed by atoms with Crippen LogP contribution in [0.1, 0.15) is 89.5 Å². The zero-order valence-corrected chi connectivity index (χ0v) is 22.4. The highest BCUT2D eigenvalue weighted by Gasteiger charge is 2.42. The molecule has 2 atom stereocenters. The molecule has 37 heavy (non-hydrogen) atoms. The van der Waals surface area contributed by atoms with Crippen molar-refractivity contribution in [2.75, 3.05) is 7.11 Å². The van der Waals surface area contributed by atoms with Gasteiger partial charge in [-0.05, 0) is 49.8 Å². The van der Waals surface area contributed by atoms with Gasteiger partial charge in [0.05, 0.1) is 19.6 Å². The van der Waals surface area contributed by atoms with E-state index < -0.39 is 23.4 Å². The van der Waals surface area contributed by atoms with E-state index in [1.807, 2.05) is 12.1 Å². The van der Waals surface area contributed by atoms with Crippen LogP contribution in [0.5, 0.6) is 5.75 Å². The van der Waals surface area contributed by atoms with Crippen molar-refractivity contribution in [1.82, 2.24) is 5.32 Å². The number of Topliss-reactive ketones (excluding diaryl/α,β-unsaturated/α-hetero) is 1. The minimum absolute atomic E-state index is 0.338. The quantitative estimate of drug-likeness (QED) is 0.148. The lowest BCUT2D eigenvalue weighted by molar-refractivity contribution is -0.160. The van der Waals surface area contributed by atoms with Crippen LogP contribution in [0.15, 0.2) is 36.4 Å². The Morgan fingerprint density at radius 2 is 1.59 bits per heavy atom. The Kier molecular flexibility index (Phi) is 16.2. The second-order valence-corrected chi connectivity index (χ2v) is 9.46. The molecule has 1 aromatic rings. The molecule has 1 aromatic carbocycles. The van der Waals surface area contributed by atoms with Gasteiger partial charge in [-0.2, -0.15) is 0 Å². The fourth-order valence-corrected chi connectivity index (χ4v) is 3.91. The van der Waals surface area contributed by atoms with Crippen molar-refractivity contribution in [2.45, 2.75) is 96.0 Å². The van der Waals surface area contributed by atoms with Gasteiger partial charge in [0.25, 0.3) is 0 Å². The van der Waals surface area contributed by atoms with Gasteiger partial charge in [0.15, 0.2) is 5.60 Å². The monoisotopic (exact) mass is 514 g/mol. The normalized spacial score (nSPS) is 13.7. The van der Waals surface area contributed by atoms with E-state index in [2.05, 4.69) is 12.2 Å². The maximum atomic E-state index is 12.6. The molecular weight excluding hydrogens is 470 g/mol. The summed E-state index contributed by atoms with van der Waals surface area (Å²) in [6.45, 7) is 9.24. The maximum Gasteiger partial charge on any atom is 0.337 e. The molecule has 0 aromatic heterocycles. The van der Waals surface area contributed by atoms with E-state index in [9.17, 15) is 24.6 Å². The van der Waals surface area contributed by atoms with Crippen molar-refractivity contribution in [1.29, 1.82) is 0 Å². The number of ether oxygens (including phenoxy) is 1. The van der Waals surface area contributed by atoms with Gasteiger partial charge in [-0.3, -0.25) is 9.59 Å². The molecule has 0 aliphatic carbocycles. The minimum Gasteiger partial charge on any atom is -0.497 e. The zero-order chi connectivity index (χ0) is 27.5. The molecule has 0 heterocycles. The number of aliphatic carboxylic acids is 1. The van der Waals surface area contributed by atoms with Crippen LogP contribution >= 0.6 is 0 Å². The number of unbranched alkanes of at least 4 members (excludes halogenated alkanes) is 8. The molecule has 0 bridgehead atoms. The van der Waals surface area contributed by atoms with Crippen LogP contribution < -0.4 is 10.1 Å². The number of benzene rings is 1. The highest BCUT2D eigenvalue weighted by molar-refractivity contribution is 5.91. The summed E-state index contributed by atoms with van der Waals surface area (Å²) in [5, 5.41) is 22.1. The number of allylic oxidation sites excluding steroid dienone is 1. The van der Waals surface area contributed by atoms with Crippen molar-refractivity contribution in [3.63, 3.8) is 0 Å². The fraction of sp³-hybridized carbons (Fsp3) is 0.567. The van der Waals surface area contributed by atoms with Crippen molar-refractivity contribution in [2.24, 2.45) is 5.92 Å². The van der Waals surface area contributed by atoms with E-state index in [0.717, 1.165) is 44.1 Å². The largest absolute Gasteiger partial charge is 0.497 e. The number of nitrogens with one attached hydrogen (secondary N) is 1. The van der Waals surface area contributed by atoms with Crippen LogP contribution in [0, 0.1) is 19.4 Å². The van der Waals surface area contributed by atoms with Crippen LogP contribution in [-0.4, -0.2) is 40.6 Å². The highest BCUT2D eigenvalue weighted by Crippen LogP contribution is 2.21. The number of hydrogen-bond acceptors (Lipinski definition) is 5. The Labute approximate surface area is 222 Å². The average molecular weight is 515 g/mol. The molecule has 1 amide bonds. The number of carbonyl (C=O) groups excluding carboxylic acids is 2. The number of carbonyl (C=O) groups is 3. The van der Waals surface area contributed by atoms with Gasteiger partial charge in [0.1, 0.15) is 11.5 Å². The molecule has 205 valence electrons. The lowest BCUT2D eigenvalue weighted by Gasteiger charge is -2.25. The first-order chi connectivity index (χ1) is 17.7. The van der Waals surface area contributed by atoms with E-state index in [1.54, 1.807) is 25.3 Å². The maximum absolute atomic E-state index is 12.6. The minimum atomic E-state index is -2.73. The van der Waals surface area contributed by atoms with E-state index in [0.29, 0.717) is 37.2 Å².